The summed E-state index contributed by atoms with van der Waals surface area (Å²) in [5.41, 5.74) is 0. The summed E-state index contributed by atoms with van der Waals surface area (Å²) in [4.78, 5) is 1.32. The van der Waals surface area contributed by atoms with E-state index in [-0.39, 0.29) is 0 Å². The van der Waals surface area contributed by atoms with Crippen molar-refractivity contribution in [2.75, 3.05) is 13.1 Å². The van der Waals surface area contributed by atoms with Gasteiger partial charge in [-0.25, -0.2) is 0 Å². The Balaban J connectivity index is 2.18. The zero-order valence-corrected chi connectivity index (χ0v) is 10.6. The van der Waals surface area contributed by atoms with Crippen molar-refractivity contribution >= 4 is 11.9 Å². The number of hydrogen-bond donors (Lipinski definition) is 2. The quantitative estimate of drug-likeness (QED) is 0.538. The van der Waals surface area contributed by atoms with E-state index in [1.165, 1.54) is 24.3 Å². The average Bonchev–Trinajstić information content (AvgIpc) is 2.71. The summed E-state index contributed by atoms with van der Waals surface area (Å²) in [7, 11) is 0. The molecule has 1 aliphatic rings. The van der Waals surface area contributed by atoms with Gasteiger partial charge in [0.2, 0.25) is 0 Å². The Bertz CT molecular complexity index is 218. The molecule has 15 heavy (non-hydrogen) atoms. The summed E-state index contributed by atoms with van der Waals surface area (Å²) in [5, 5.41) is 3.48. The fourth-order valence-electron chi connectivity index (χ4n) is 1.67. The molecule has 0 bridgehead atoms. The zero-order valence-electron chi connectivity index (χ0n) is 9.75. The molecule has 0 amide bonds. The number of hydrogen-bond acceptors (Lipinski definition) is 3. The SMILES string of the molecule is C/C=C\C(=C/CC)SNCC1CCCN1. The highest BCUT2D eigenvalue weighted by Gasteiger charge is 2.12. The van der Waals surface area contributed by atoms with E-state index >= 15 is 0 Å². The largest absolute Gasteiger partial charge is 0.313 e. The molecular formula is C12H22N2S. The van der Waals surface area contributed by atoms with Gasteiger partial charge < -0.3 is 5.32 Å². The smallest absolute Gasteiger partial charge is 0.0216 e. The Hall–Kier alpha value is -0.250. The first-order chi connectivity index (χ1) is 7.36. The maximum atomic E-state index is 3.48. The van der Waals surface area contributed by atoms with Crippen LogP contribution < -0.4 is 10.0 Å². The molecule has 1 unspecified atom stereocenters. The lowest BCUT2D eigenvalue weighted by Gasteiger charge is -2.10. The average molecular weight is 226 g/mol. The van der Waals surface area contributed by atoms with Gasteiger partial charge in [-0.1, -0.05) is 25.2 Å². The zero-order chi connectivity index (χ0) is 10.9. The summed E-state index contributed by atoms with van der Waals surface area (Å²) in [6, 6.07) is 0.672. The molecule has 2 nitrogen and oxygen atoms in total. The molecule has 0 aromatic carbocycles. The molecule has 1 heterocycles. The van der Waals surface area contributed by atoms with Gasteiger partial charge in [-0.3, -0.25) is 4.72 Å². The molecule has 0 aliphatic carbocycles. The van der Waals surface area contributed by atoms with Gasteiger partial charge in [-0.15, -0.1) is 0 Å². The van der Waals surface area contributed by atoms with Crippen LogP contribution in [0.5, 0.6) is 0 Å². The van der Waals surface area contributed by atoms with Crippen LogP contribution in [0.4, 0.5) is 0 Å². The van der Waals surface area contributed by atoms with Crippen molar-refractivity contribution in [1.82, 2.24) is 10.0 Å². The predicted octanol–water partition coefficient (Wildman–Crippen LogP) is 2.85. The highest BCUT2D eigenvalue weighted by atomic mass is 32.2. The van der Waals surface area contributed by atoms with Gasteiger partial charge in [0.15, 0.2) is 0 Å². The van der Waals surface area contributed by atoms with E-state index in [9.17, 15) is 0 Å². The van der Waals surface area contributed by atoms with Gasteiger partial charge in [-0.05, 0) is 44.7 Å². The maximum Gasteiger partial charge on any atom is 0.0216 e. The van der Waals surface area contributed by atoms with Gasteiger partial charge >= 0.3 is 0 Å². The summed E-state index contributed by atoms with van der Waals surface area (Å²) in [5.74, 6) is 0. The van der Waals surface area contributed by atoms with Crippen molar-refractivity contribution in [2.45, 2.75) is 39.2 Å². The first-order valence-corrected chi connectivity index (χ1v) is 6.64. The maximum absolute atomic E-state index is 3.48. The predicted molar refractivity (Wildman–Crippen MR) is 69.8 cm³/mol. The molecule has 1 rings (SSSR count). The Morgan fingerprint density at radius 2 is 2.47 bits per heavy atom. The van der Waals surface area contributed by atoms with E-state index in [2.05, 4.69) is 42.1 Å². The molecule has 1 fully saturated rings. The van der Waals surface area contributed by atoms with Gasteiger partial charge in [0.25, 0.3) is 0 Å². The molecule has 86 valence electrons. The van der Waals surface area contributed by atoms with E-state index in [4.69, 9.17) is 0 Å². The van der Waals surface area contributed by atoms with Gasteiger partial charge in [0.05, 0.1) is 0 Å². The van der Waals surface area contributed by atoms with Gasteiger partial charge in [0.1, 0.15) is 0 Å². The molecule has 2 N–H and O–H groups in total. The molecule has 3 heteroatoms. The lowest BCUT2D eigenvalue weighted by molar-refractivity contribution is 0.600. The Morgan fingerprint density at radius 1 is 1.60 bits per heavy atom. The van der Waals surface area contributed by atoms with Gasteiger partial charge in [0, 0.05) is 17.5 Å². The van der Waals surface area contributed by atoms with E-state index in [1.807, 2.05) is 0 Å². The van der Waals surface area contributed by atoms with E-state index < -0.39 is 0 Å². The fourth-order valence-corrected chi connectivity index (χ4v) is 2.57. The van der Waals surface area contributed by atoms with Crippen molar-refractivity contribution in [2.24, 2.45) is 0 Å². The lowest BCUT2D eigenvalue weighted by atomic mass is 10.2. The summed E-state index contributed by atoms with van der Waals surface area (Å²) < 4.78 is 3.43. The Morgan fingerprint density at radius 3 is 3.07 bits per heavy atom. The van der Waals surface area contributed by atoms with Crippen molar-refractivity contribution in [1.29, 1.82) is 0 Å². The second-order valence-corrected chi connectivity index (χ2v) is 4.72. The first kappa shape index (κ1) is 12.8. The topological polar surface area (TPSA) is 24.1 Å². The summed E-state index contributed by atoms with van der Waals surface area (Å²) in [6.07, 6.45) is 10.2. The van der Waals surface area contributed by atoms with Crippen LogP contribution in [-0.4, -0.2) is 19.1 Å². The number of nitrogens with one attached hydrogen (secondary N) is 2. The van der Waals surface area contributed by atoms with Crippen LogP contribution in [0.15, 0.2) is 23.1 Å². The highest BCUT2D eigenvalue weighted by molar-refractivity contribution is 8.01. The second kappa shape index (κ2) is 7.97. The third-order valence-electron chi connectivity index (χ3n) is 2.42. The molecule has 0 saturated carbocycles. The normalized spacial score (nSPS) is 22.8. The monoisotopic (exact) mass is 226 g/mol. The van der Waals surface area contributed by atoms with Crippen LogP contribution in [0.1, 0.15) is 33.1 Å². The molecular weight excluding hydrogens is 204 g/mol. The summed E-state index contributed by atoms with van der Waals surface area (Å²) >= 11 is 1.74. The molecule has 1 atom stereocenters. The van der Waals surface area contributed by atoms with Crippen LogP contribution in [0.25, 0.3) is 0 Å². The van der Waals surface area contributed by atoms with Crippen molar-refractivity contribution in [3.63, 3.8) is 0 Å². The van der Waals surface area contributed by atoms with Crippen LogP contribution in [-0.2, 0) is 0 Å². The lowest BCUT2D eigenvalue weighted by Crippen LogP contribution is -2.30. The fraction of sp³-hybridized carbons (Fsp3) is 0.667. The van der Waals surface area contributed by atoms with Crippen molar-refractivity contribution in [3.8, 4) is 0 Å². The van der Waals surface area contributed by atoms with Crippen LogP contribution in [0.3, 0.4) is 0 Å². The van der Waals surface area contributed by atoms with Crippen LogP contribution >= 0.6 is 11.9 Å². The van der Waals surface area contributed by atoms with E-state index in [1.54, 1.807) is 11.9 Å². The van der Waals surface area contributed by atoms with Crippen LogP contribution in [0.2, 0.25) is 0 Å². The molecule has 1 aliphatic heterocycles. The van der Waals surface area contributed by atoms with E-state index in [0.29, 0.717) is 6.04 Å². The molecule has 1 saturated heterocycles. The van der Waals surface area contributed by atoms with Crippen molar-refractivity contribution < 1.29 is 0 Å². The Kier molecular flexibility index (Phi) is 6.81. The van der Waals surface area contributed by atoms with Crippen LogP contribution in [0, 0.1) is 0 Å². The minimum absolute atomic E-state index is 0.672. The number of allylic oxidation sites excluding steroid dienone is 3. The molecule has 0 radical (unpaired) electrons. The molecule has 0 aromatic heterocycles. The molecule has 0 spiro atoms. The number of rotatable bonds is 6. The second-order valence-electron chi connectivity index (χ2n) is 3.76. The molecule has 0 aromatic rings. The summed E-state index contributed by atoms with van der Waals surface area (Å²) in [6.45, 7) is 6.47. The minimum Gasteiger partial charge on any atom is -0.313 e. The van der Waals surface area contributed by atoms with Gasteiger partial charge in [-0.2, -0.15) is 0 Å². The van der Waals surface area contributed by atoms with E-state index in [0.717, 1.165) is 13.0 Å². The third-order valence-corrected chi connectivity index (χ3v) is 3.27. The Labute approximate surface area is 97.7 Å². The van der Waals surface area contributed by atoms with Crippen molar-refractivity contribution in [3.05, 3.63) is 23.1 Å². The minimum atomic E-state index is 0.672. The first-order valence-electron chi connectivity index (χ1n) is 5.82. The third kappa shape index (κ3) is 5.40. The highest BCUT2D eigenvalue weighted by Crippen LogP contribution is 2.15. The standard InChI is InChI=1S/C12H22N2S/c1-3-6-12(7-4-2)15-14-10-11-8-5-9-13-11/h3,6-7,11,13-14H,4-5,8-10H2,1-2H3/b6-3-,12-7+.